The molecule has 0 amide bonds. The van der Waals surface area contributed by atoms with Gasteiger partial charge in [-0.15, -0.1) is 0 Å². The molecule has 2 heterocycles. The Morgan fingerprint density at radius 1 is 1.21 bits per heavy atom. The third-order valence-corrected chi connectivity index (χ3v) is 6.11. The van der Waals surface area contributed by atoms with Gasteiger partial charge < -0.3 is 5.11 Å². The maximum Gasteiger partial charge on any atom is 0.0688 e. The quantitative estimate of drug-likeness (QED) is 0.938. The molecule has 1 aliphatic heterocycles. The summed E-state index contributed by atoms with van der Waals surface area (Å²) in [7, 11) is 0. The highest BCUT2D eigenvalue weighted by Gasteiger charge is 2.47. The SMILES string of the molecule is CC[C@]1(O)CCC[C@H]2CN(Cc3ccnn3-c3ccccc3)C[C@H]21. The molecular weight excluding hydrogens is 298 g/mol. The van der Waals surface area contributed by atoms with E-state index in [0.29, 0.717) is 11.8 Å². The van der Waals surface area contributed by atoms with E-state index in [1.807, 2.05) is 29.1 Å². The minimum absolute atomic E-state index is 0.435. The highest BCUT2D eigenvalue weighted by molar-refractivity contribution is 5.32. The molecule has 2 aromatic rings. The van der Waals surface area contributed by atoms with Crippen LogP contribution in [0.1, 0.15) is 38.3 Å². The van der Waals surface area contributed by atoms with Crippen LogP contribution in [0.4, 0.5) is 0 Å². The molecule has 1 N–H and O–H groups in total. The van der Waals surface area contributed by atoms with Crippen molar-refractivity contribution in [3.8, 4) is 5.69 Å². The summed E-state index contributed by atoms with van der Waals surface area (Å²) in [6.07, 6.45) is 6.17. The van der Waals surface area contributed by atoms with Crippen LogP contribution in [0.5, 0.6) is 0 Å². The largest absolute Gasteiger partial charge is 0.390 e. The smallest absolute Gasteiger partial charge is 0.0688 e. The van der Waals surface area contributed by atoms with Crippen LogP contribution in [0, 0.1) is 11.8 Å². The number of para-hydroxylation sites is 1. The first kappa shape index (κ1) is 15.9. The molecule has 1 saturated heterocycles. The fraction of sp³-hybridized carbons (Fsp3) is 0.550. The van der Waals surface area contributed by atoms with E-state index in [1.165, 1.54) is 18.5 Å². The Balaban J connectivity index is 1.51. The zero-order valence-corrected chi connectivity index (χ0v) is 14.4. The van der Waals surface area contributed by atoms with E-state index >= 15 is 0 Å². The summed E-state index contributed by atoms with van der Waals surface area (Å²) in [6, 6.07) is 12.4. The van der Waals surface area contributed by atoms with E-state index < -0.39 is 5.60 Å². The highest BCUT2D eigenvalue weighted by atomic mass is 16.3. The molecule has 24 heavy (non-hydrogen) atoms. The predicted molar refractivity (Wildman–Crippen MR) is 94.9 cm³/mol. The van der Waals surface area contributed by atoms with Crippen LogP contribution >= 0.6 is 0 Å². The van der Waals surface area contributed by atoms with Gasteiger partial charge in [-0.2, -0.15) is 5.10 Å². The first-order valence-electron chi connectivity index (χ1n) is 9.22. The van der Waals surface area contributed by atoms with Gasteiger partial charge in [0.1, 0.15) is 0 Å². The first-order valence-corrected chi connectivity index (χ1v) is 9.22. The molecule has 0 unspecified atom stereocenters. The molecule has 4 rings (SSSR count). The van der Waals surface area contributed by atoms with E-state index in [1.54, 1.807) is 0 Å². The number of hydrogen-bond acceptors (Lipinski definition) is 3. The molecule has 3 atom stereocenters. The average Bonchev–Trinajstić information content (AvgIpc) is 3.23. The van der Waals surface area contributed by atoms with Crippen LogP contribution in [0.25, 0.3) is 5.69 Å². The Bertz CT molecular complexity index is 683. The zero-order chi connectivity index (χ0) is 16.6. The van der Waals surface area contributed by atoms with Gasteiger partial charge in [0.15, 0.2) is 0 Å². The van der Waals surface area contributed by atoms with Gasteiger partial charge in [-0.05, 0) is 43.4 Å². The Morgan fingerprint density at radius 2 is 2.04 bits per heavy atom. The van der Waals surface area contributed by atoms with Crippen molar-refractivity contribution in [2.45, 2.75) is 44.8 Å². The van der Waals surface area contributed by atoms with Crippen LogP contribution in [0.3, 0.4) is 0 Å². The third-order valence-electron chi connectivity index (χ3n) is 6.11. The van der Waals surface area contributed by atoms with Crippen molar-refractivity contribution >= 4 is 0 Å². The van der Waals surface area contributed by atoms with Crippen molar-refractivity contribution in [3.63, 3.8) is 0 Å². The van der Waals surface area contributed by atoms with Gasteiger partial charge in [-0.3, -0.25) is 4.90 Å². The van der Waals surface area contributed by atoms with Crippen molar-refractivity contribution in [3.05, 3.63) is 48.3 Å². The number of aromatic nitrogens is 2. The molecule has 1 saturated carbocycles. The zero-order valence-electron chi connectivity index (χ0n) is 14.4. The number of nitrogens with zero attached hydrogens (tertiary/aromatic N) is 3. The van der Waals surface area contributed by atoms with Crippen molar-refractivity contribution < 1.29 is 5.11 Å². The third kappa shape index (κ3) is 2.78. The lowest BCUT2D eigenvalue weighted by Gasteiger charge is -2.40. The maximum atomic E-state index is 11.0. The fourth-order valence-corrected chi connectivity index (χ4v) is 4.77. The van der Waals surface area contributed by atoms with Crippen LogP contribution in [-0.4, -0.2) is 38.5 Å². The number of rotatable bonds is 4. The molecule has 2 fully saturated rings. The molecule has 128 valence electrons. The van der Waals surface area contributed by atoms with Crippen LogP contribution in [0.15, 0.2) is 42.6 Å². The Labute approximate surface area is 144 Å². The van der Waals surface area contributed by atoms with Gasteiger partial charge in [0, 0.05) is 31.7 Å². The van der Waals surface area contributed by atoms with Gasteiger partial charge in [0.2, 0.25) is 0 Å². The fourth-order valence-electron chi connectivity index (χ4n) is 4.77. The van der Waals surface area contributed by atoms with Gasteiger partial charge in [-0.25, -0.2) is 4.68 Å². The molecule has 4 heteroatoms. The molecule has 4 nitrogen and oxygen atoms in total. The van der Waals surface area contributed by atoms with Crippen molar-refractivity contribution in [1.82, 2.24) is 14.7 Å². The minimum Gasteiger partial charge on any atom is -0.390 e. The maximum absolute atomic E-state index is 11.0. The summed E-state index contributed by atoms with van der Waals surface area (Å²) in [5.74, 6) is 1.08. The normalized spacial score (nSPS) is 30.4. The van der Waals surface area contributed by atoms with Crippen LogP contribution in [0.2, 0.25) is 0 Å². The molecular formula is C20H27N3O. The molecule has 1 aromatic heterocycles. The lowest BCUT2D eigenvalue weighted by atomic mass is 9.69. The van der Waals surface area contributed by atoms with E-state index in [4.69, 9.17) is 0 Å². The lowest BCUT2D eigenvalue weighted by molar-refractivity contribution is -0.0613. The Morgan fingerprint density at radius 3 is 2.83 bits per heavy atom. The summed E-state index contributed by atoms with van der Waals surface area (Å²) in [5, 5.41) is 15.5. The van der Waals surface area contributed by atoms with Gasteiger partial charge in [0.05, 0.1) is 17.0 Å². The van der Waals surface area contributed by atoms with E-state index in [2.05, 4.69) is 35.1 Å². The molecule has 1 aliphatic carbocycles. The van der Waals surface area contributed by atoms with Gasteiger partial charge in [0.25, 0.3) is 0 Å². The average molecular weight is 325 g/mol. The summed E-state index contributed by atoms with van der Waals surface area (Å²) >= 11 is 0. The summed E-state index contributed by atoms with van der Waals surface area (Å²) in [6.45, 7) is 5.15. The highest BCUT2D eigenvalue weighted by Crippen LogP contribution is 2.44. The standard InChI is InChI=1S/C20H27N3O/c1-2-20(24)11-6-7-16-13-22(15-19(16)20)14-18-10-12-21-23(18)17-8-4-3-5-9-17/h3-5,8-10,12,16,19,24H,2,6-7,11,13-15H2,1H3/t16-,19+,20-/m0/s1. The number of benzene rings is 1. The monoisotopic (exact) mass is 325 g/mol. The van der Waals surface area contributed by atoms with E-state index in [0.717, 1.165) is 38.2 Å². The lowest BCUT2D eigenvalue weighted by Crippen LogP contribution is -2.44. The molecule has 1 aromatic carbocycles. The molecule has 0 radical (unpaired) electrons. The Kier molecular flexibility index (Phi) is 4.19. The number of likely N-dealkylation sites (tertiary alicyclic amines) is 1. The van der Waals surface area contributed by atoms with Crippen LogP contribution in [-0.2, 0) is 6.54 Å². The Hall–Kier alpha value is -1.65. The van der Waals surface area contributed by atoms with Crippen molar-refractivity contribution in [1.29, 1.82) is 0 Å². The molecule has 0 bridgehead atoms. The molecule has 2 aliphatic rings. The predicted octanol–water partition coefficient (Wildman–Crippen LogP) is 3.25. The number of aliphatic hydroxyl groups is 1. The van der Waals surface area contributed by atoms with Crippen molar-refractivity contribution in [2.75, 3.05) is 13.1 Å². The topological polar surface area (TPSA) is 41.3 Å². The second-order valence-electron chi connectivity index (χ2n) is 7.48. The van der Waals surface area contributed by atoms with E-state index in [-0.39, 0.29) is 0 Å². The number of hydrogen-bond donors (Lipinski definition) is 1. The molecule has 0 spiro atoms. The van der Waals surface area contributed by atoms with Gasteiger partial charge in [-0.1, -0.05) is 31.5 Å². The van der Waals surface area contributed by atoms with E-state index in [9.17, 15) is 5.11 Å². The summed E-state index contributed by atoms with van der Waals surface area (Å²) in [5.41, 5.74) is 1.89. The minimum atomic E-state index is -0.447. The number of fused-ring (bicyclic) bond motifs is 1. The van der Waals surface area contributed by atoms with Crippen LogP contribution < -0.4 is 0 Å². The second-order valence-corrected chi connectivity index (χ2v) is 7.48. The summed E-state index contributed by atoms with van der Waals surface area (Å²) in [4.78, 5) is 2.51. The van der Waals surface area contributed by atoms with Gasteiger partial charge >= 0.3 is 0 Å². The van der Waals surface area contributed by atoms with Crippen molar-refractivity contribution in [2.24, 2.45) is 11.8 Å². The first-order chi connectivity index (χ1) is 11.7. The summed E-state index contributed by atoms with van der Waals surface area (Å²) < 4.78 is 2.04. The second kappa shape index (κ2) is 6.34.